The van der Waals surface area contributed by atoms with E-state index < -0.39 is 0 Å². The summed E-state index contributed by atoms with van der Waals surface area (Å²) in [5, 5.41) is 0. The van der Waals surface area contributed by atoms with Crippen LogP contribution in [0.3, 0.4) is 0 Å². The number of benzene rings is 1. The number of rotatable bonds is 5. The highest BCUT2D eigenvalue weighted by Crippen LogP contribution is 2.43. The van der Waals surface area contributed by atoms with Crippen LogP contribution in [0.1, 0.15) is 62.8 Å². The Hall–Kier alpha value is -0.310. The topological polar surface area (TPSA) is 9.23 Å². The molecule has 0 unspecified atom stereocenters. The van der Waals surface area contributed by atoms with Crippen LogP contribution in [0.25, 0.3) is 0 Å². The SMILES string of the molecule is Cl/C=C/COC1CCC(C2CCC(c3ccc(Br)cc3)CC2)CC1. The largest absolute Gasteiger partial charge is 0.374 e. The molecule has 24 heavy (non-hydrogen) atoms. The molecular formula is C21H28BrClO. The Balaban J connectivity index is 1.42. The average Bonchev–Trinajstić information content (AvgIpc) is 2.63. The van der Waals surface area contributed by atoms with Crippen molar-refractivity contribution in [1.29, 1.82) is 0 Å². The molecule has 0 spiro atoms. The van der Waals surface area contributed by atoms with Gasteiger partial charge in [0, 0.05) is 10.0 Å². The fourth-order valence-corrected chi connectivity index (χ4v) is 4.95. The van der Waals surface area contributed by atoms with Crippen LogP contribution in [0.4, 0.5) is 0 Å². The molecule has 2 aliphatic carbocycles. The van der Waals surface area contributed by atoms with Gasteiger partial charge in [-0.25, -0.2) is 0 Å². The zero-order chi connectivity index (χ0) is 16.8. The number of hydrogen-bond donors (Lipinski definition) is 0. The predicted octanol–water partition coefficient (Wildman–Crippen LogP) is 7.05. The Morgan fingerprint density at radius 1 is 0.917 bits per heavy atom. The molecule has 0 atom stereocenters. The minimum absolute atomic E-state index is 0.452. The summed E-state index contributed by atoms with van der Waals surface area (Å²) in [5.41, 5.74) is 3.08. The van der Waals surface area contributed by atoms with Crippen molar-refractivity contribution < 1.29 is 4.74 Å². The Kier molecular flexibility index (Phi) is 7.24. The highest BCUT2D eigenvalue weighted by atomic mass is 79.9. The molecule has 1 aromatic carbocycles. The van der Waals surface area contributed by atoms with Gasteiger partial charge >= 0.3 is 0 Å². The fourth-order valence-electron chi connectivity index (χ4n) is 4.61. The summed E-state index contributed by atoms with van der Waals surface area (Å²) in [6.45, 7) is 0.664. The minimum atomic E-state index is 0.452. The van der Waals surface area contributed by atoms with Gasteiger partial charge in [-0.2, -0.15) is 0 Å². The number of hydrogen-bond acceptors (Lipinski definition) is 1. The summed E-state index contributed by atoms with van der Waals surface area (Å²) in [6, 6.07) is 8.96. The highest BCUT2D eigenvalue weighted by molar-refractivity contribution is 9.10. The molecule has 1 nitrogen and oxygen atoms in total. The van der Waals surface area contributed by atoms with Crippen molar-refractivity contribution in [3.63, 3.8) is 0 Å². The van der Waals surface area contributed by atoms with Gasteiger partial charge < -0.3 is 4.74 Å². The molecular weight excluding hydrogens is 384 g/mol. The average molecular weight is 412 g/mol. The Labute approximate surface area is 159 Å². The standard InChI is InChI=1S/C21H28BrClO/c22-20-10-6-18(7-11-20)16-2-4-17(5-3-16)19-8-12-21(13-9-19)24-15-1-14-23/h1,6-7,10-11,14,16-17,19,21H,2-5,8-9,12-13,15H2/b14-1+. The van der Waals surface area contributed by atoms with E-state index in [1.807, 2.05) is 6.08 Å². The zero-order valence-corrected chi connectivity index (χ0v) is 16.6. The van der Waals surface area contributed by atoms with Crippen LogP contribution in [0.2, 0.25) is 0 Å². The molecule has 132 valence electrons. The van der Waals surface area contributed by atoms with Crippen molar-refractivity contribution in [2.45, 2.75) is 63.4 Å². The molecule has 2 saturated carbocycles. The van der Waals surface area contributed by atoms with Crippen LogP contribution < -0.4 is 0 Å². The maximum Gasteiger partial charge on any atom is 0.0662 e. The van der Waals surface area contributed by atoms with Crippen LogP contribution in [-0.2, 0) is 4.74 Å². The van der Waals surface area contributed by atoms with Crippen molar-refractivity contribution in [3.05, 3.63) is 45.9 Å². The number of ether oxygens (including phenoxy) is 1. The van der Waals surface area contributed by atoms with Crippen LogP contribution in [0.5, 0.6) is 0 Å². The molecule has 2 aliphatic rings. The lowest BCUT2D eigenvalue weighted by molar-refractivity contribution is 0.0223. The summed E-state index contributed by atoms with van der Waals surface area (Å²) >= 11 is 9.08. The lowest BCUT2D eigenvalue weighted by Gasteiger charge is -2.37. The van der Waals surface area contributed by atoms with Crippen LogP contribution in [0.15, 0.2) is 40.3 Å². The van der Waals surface area contributed by atoms with Gasteiger partial charge in [0.1, 0.15) is 0 Å². The molecule has 3 heteroatoms. The lowest BCUT2D eigenvalue weighted by Crippen LogP contribution is -2.28. The van der Waals surface area contributed by atoms with Crippen molar-refractivity contribution in [1.82, 2.24) is 0 Å². The third-order valence-corrected chi connectivity index (χ3v) is 6.72. The molecule has 0 N–H and O–H groups in total. The van der Waals surface area contributed by atoms with Crippen molar-refractivity contribution in [3.8, 4) is 0 Å². The molecule has 1 aromatic rings. The van der Waals surface area contributed by atoms with Crippen molar-refractivity contribution >= 4 is 27.5 Å². The van der Waals surface area contributed by atoms with Gasteiger partial charge in [0.25, 0.3) is 0 Å². The van der Waals surface area contributed by atoms with E-state index in [-0.39, 0.29) is 0 Å². The van der Waals surface area contributed by atoms with Crippen LogP contribution in [-0.4, -0.2) is 12.7 Å². The van der Waals surface area contributed by atoms with Crippen LogP contribution >= 0.6 is 27.5 Å². The van der Waals surface area contributed by atoms with Gasteiger partial charge in [-0.15, -0.1) is 0 Å². The third-order valence-electron chi connectivity index (χ3n) is 6.02. The van der Waals surface area contributed by atoms with E-state index in [9.17, 15) is 0 Å². The Morgan fingerprint density at radius 3 is 2.08 bits per heavy atom. The number of halogens is 2. The first-order chi connectivity index (χ1) is 11.8. The monoisotopic (exact) mass is 410 g/mol. The van der Waals surface area contributed by atoms with Crippen molar-refractivity contribution in [2.75, 3.05) is 6.61 Å². The molecule has 0 heterocycles. The van der Waals surface area contributed by atoms with E-state index in [2.05, 4.69) is 40.2 Å². The molecule has 0 bridgehead atoms. The summed E-state index contributed by atoms with van der Waals surface area (Å²) in [7, 11) is 0. The van der Waals surface area contributed by atoms with Gasteiger partial charge in [-0.3, -0.25) is 0 Å². The lowest BCUT2D eigenvalue weighted by atomic mass is 9.69. The van der Waals surface area contributed by atoms with E-state index in [0.717, 1.165) is 17.8 Å². The first-order valence-corrected chi connectivity index (χ1v) is 10.6. The summed E-state index contributed by atoms with van der Waals surface area (Å²) in [4.78, 5) is 0. The molecule has 0 aliphatic heterocycles. The van der Waals surface area contributed by atoms with Gasteiger partial charge in [0.05, 0.1) is 12.7 Å². The fraction of sp³-hybridized carbons (Fsp3) is 0.619. The molecule has 2 fully saturated rings. The summed E-state index contributed by atoms with van der Waals surface area (Å²) in [6.07, 6.45) is 13.0. The molecule has 0 aromatic heterocycles. The minimum Gasteiger partial charge on any atom is -0.374 e. The second-order valence-corrected chi connectivity index (χ2v) is 8.56. The smallest absolute Gasteiger partial charge is 0.0662 e. The van der Waals surface area contributed by atoms with Gasteiger partial charge in [0.15, 0.2) is 0 Å². The van der Waals surface area contributed by atoms with E-state index in [1.54, 1.807) is 5.54 Å². The maximum atomic E-state index is 5.87. The van der Waals surface area contributed by atoms with Crippen molar-refractivity contribution in [2.24, 2.45) is 11.8 Å². The highest BCUT2D eigenvalue weighted by Gasteiger charge is 2.31. The molecule has 0 saturated heterocycles. The third kappa shape index (κ3) is 5.09. The Bertz CT molecular complexity index is 511. The molecule has 0 radical (unpaired) electrons. The quantitative estimate of drug-likeness (QED) is 0.504. The van der Waals surface area contributed by atoms with Gasteiger partial charge in [0.2, 0.25) is 0 Å². The van der Waals surface area contributed by atoms with Gasteiger partial charge in [-0.1, -0.05) is 39.7 Å². The maximum absolute atomic E-state index is 5.87. The van der Waals surface area contributed by atoms with E-state index in [0.29, 0.717) is 12.7 Å². The first-order valence-electron chi connectivity index (χ1n) is 9.38. The molecule has 0 amide bonds. The normalized spacial score (nSPS) is 31.4. The first kappa shape index (κ1) is 18.5. The van der Waals surface area contributed by atoms with E-state index in [1.165, 1.54) is 61.4 Å². The summed E-state index contributed by atoms with van der Waals surface area (Å²) < 4.78 is 7.05. The summed E-state index contributed by atoms with van der Waals surface area (Å²) in [5.74, 6) is 2.65. The zero-order valence-electron chi connectivity index (χ0n) is 14.3. The second-order valence-electron chi connectivity index (χ2n) is 7.40. The van der Waals surface area contributed by atoms with Crippen LogP contribution in [0, 0.1) is 11.8 Å². The Morgan fingerprint density at radius 2 is 1.50 bits per heavy atom. The predicted molar refractivity (Wildman–Crippen MR) is 106 cm³/mol. The molecule has 3 rings (SSSR count). The van der Waals surface area contributed by atoms with E-state index >= 15 is 0 Å². The van der Waals surface area contributed by atoms with Gasteiger partial charge in [-0.05, 0) is 92.9 Å². The van der Waals surface area contributed by atoms with E-state index in [4.69, 9.17) is 16.3 Å². The second kappa shape index (κ2) is 9.40.